The predicted octanol–water partition coefficient (Wildman–Crippen LogP) is 3.70. The lowest BCUT2D eigenvalue weighted by Gasteiger charge is -2.38. The second kappa shape index (κ2) is 6.10. The van der Waals surface area contributed by atoms with E-state index < -0.39 is 33.5 Å². The maximum atomic E-state index is 14.0. The molecule has 1 heterocycles. The van der Waals surface area contributed by atoms with E-state index in [1.807, 2.05) is 25.7 Å². The number of benzene rings is 1. The summed E-state index contributed by atoms with van der Waals surface area (Å²) in [5, 5.41) is -0.618. The summed E-state index contributed by atoms with van der Waals surface area (Å²) in [6, 6.07) is 3.03. The molecule has 1 aliphatic rings. The SMILES string of the molecule is CC(C)(C)C(N1CCC[C@@H]1c1cc(F)ccc1F)S(=O)O. The van der Waals surface area contributed by atoms with Crippen LogP contribution < -0.4 is 0 Å². The highest BCUT2D eigenvalue weighted by atomic mass is 32.2. The number of hydrogen-bond donors (Lipinski definition) is 1. The molecule has 3 atom stereocenters. The van der Waals surface area contributed by atoms with Crippen LogP contribution in [0.4, 0.5) is 8.78 Å². The normalized spacial score (nSPS) is 23.2. The number of halogens is 2. The van der Waals surface area contributed by atoms with E-state index in [4.69, 9.17) is 0 Å². The topological polar surface area (TPSA) is 40.5 Å². The van der Waals surface area contributed by atoms with Crippen molar-refractivity contribution in [1.29, 1.82) is 0 Å². The molecule has 2 unspecified atom stereocenters. The molecule has 118 valence electrons. The third-order valence-electron chi connectivity index (χ3n) is 3.84. The Kier molecular flexibility index (Phi) is 4.80. The molecule has 1 N–H and O–H groups in total. The van der Waals surface area contributed by atoms with Gasteiger partial charge in [0.05, 0.1) is 0 Å². The maximum absolute atomic E-state index is 14.0. The Bertz CT molecular complexity index is 545. The highest BCUT2D eigenvalue weighted by molar-refractivity contribution is 7.79. The molecule has 2 rings (SSSR count). The van der Waals surface area contributed by atoms with Crippen LogP contribution in [0.5, 0.6) is 0 Å². The molecule has 0 amide bonds. The van der Waals surface area contributed by atoms with Gasteiger partial charge in [-0.1, -0.05) is 20.8 Å². The van der Waals surface area contributed by atoms with Gasteiger partial charge in [0.2, 0.25) is 0 Å². The summed E-state index contributed by atoms with van der Waals surface area (Å²) < 4.78 is 48.9. The zero-order valence-electron chi connectivity index (χ0n) is 12.5. The van der Waals surface area contributed by atoms with Crippen LogP contribution in [0.15, 0.2) is 18.2 Å². The molecule has 1 saturated heterocycles. The van der Waals surface area contributed by atoms with E-state index in [1.165, 1.54) is 6.07 Å². The smallest absolute Gasteiger partial charge is 0.171 e. The van der Waals surface area contributed by atoms with E-state index in [-0.39, 0.29) is 11.6 Å². The second-order valence-corrected chi connectivity index (χ2v) is 7.56. The Hall–Kier alpha value is -0.850. The Morgan fingerprint density at radius 3 is 2.62 bits per heavy atom. The first kappa shape index (κ1) is 16.5. The van der Waals surface area contributed by atoms with Gasteiger partial charge in [0.1, 0.15) is 17.0 Å². The first-order valence-electron chi connectivity index (χ1n) is 7.02. The van der Waals surface area contributed by atoms with Gasteiger partial charge in [0.15, 0.2) is 11.1 Å². The van der Waals surface area contributed by atoms with Crippen LogP contribution in [0.3, 0.4) is 0 Å². The molecule has 1 fully saturated rings. The van der Waals surface area contributed by atoms with E-state index in [0.717, 1.165) is 18.6 Å². The Morgan fingerprint density at radius 2 is 2.05 bits per heavy atom. The molecule has 0 saturated carbocycles. The minimum atomic E-state index is -2.06. The average Bonchev–Trinajstić information content (AvgIpc) is 2.78. The van der Waals surface area contributed by atoms with Crippen LogP contribution in [0.2, 0.25) is 0 Å². The average molecular weight is 317 g/mol. The maximum Gasteiger partial charge on any atom is 0.171 e. The molecule has 0 spiro atoms. The van der Waals surface area contributed by atoms with Crippen LogP contribution in [-0.4, -0.2) is 25.6 Å². The summed E-state index contributed by atoms with van der Waals surface area (Å²) in [6.45, 7) is 6.24. The predicted molar refractivity (Wildman–Crippen MR) is 79.1 cm³/mol. The quantitative estimate of drug-likeness (QED) is 0.864. The van der Waals surface area contributed by atoms with Crippen molar-refractivity contribution < 1.29 is 17.5 Å². The van der Waals surface area contributed by atoms with Crippen LogP contribution in [-0.2, 0) is 11.1 Å². The molecule has 3 nitrogen and oxygen atoms in total. The van der Waals surface area contributed by atoms with Gasteiger partial charge < -0.3 is 4.55 Å². The summed E-state index contributed by atoms with van der Waals surface area (Å²) in [4.78, 5) is 1.84. The third-order valence-corrected chi connectivity index (χ3v) is 5.20. The van der Waals surface area contributed by atoms with Gasteiger partial charge in [-0.15, -0.1) is 0 Å². The fraction of sp³-hybridized carbons (Fsp3) is 0.600. The van der Waals surface area contributed by atoms with Crippen molar-refractivity contribution in [3.05, 3.63) is 35.4 Å². The van der Waals surface area contributed by atoms with Crippen molar-refractivity contribution in [3.8, 4) is 0 Å². The van der Waals surface area contributed by atoms with Gasteiger partial charge in [-0.05, 0) is 36.5 Å². The molecule has 0 aliphatic carbocycles. The molecule has 6 heteroatoms. The summed E-state index contributed by atoms with van der Waals surface area (Å²) in [5.41, 5.74) is -0.168. The first-order chi connectivity index (χ1) is 9.71. The number of nitrogens with zero attached hydrogens (tertiary/aromatic N) is 1. The van der Waals surface area contributed by atoms with Gasteiger partial charge in [0.25, 0.3) is 0 Å². The van der Waals surface area contributed by atoms with E-state index >= 15 is 0 Å². The lowest BCUT2D eigenvalue weighted by Crippen LogP contribution is -2.46. The van der Waals surface area contributed by atoms with E-state index in [2.05, 4.69) is 0 Å². The Balaban J connectivity index is 2.40. The zero-order valence-corrected chi connectivity index (χ0v) is 13.3. The van der Waals surface area contributed by atoms with Gasteiger partial charge in [-0.25, -0.2) is 13.0 Å². The van der Waals surface area contributed by atoms with Crippen molar-refractivity contribution in [1.82, 2.24) is 4.90 Å². The minimum Gasteiger partial charge on any atom is -0.305 e. The largest absolute Gasteiger partial charge is 0.305 e. The minimum absolute atomic E-state index is 0.271. The molecule has 1 aliphatic heterocycles. The molecular formula is C15H21F2NO2S. The molecule has 1 aromatic carbocycles. The zero-order chi connectivity index (χ0) is 15.8. The van der Waals surface area contributed by atoms with E-state index in [0.29, 0.717) is 13.0 Å². The Labute approximate surface area is 126 Å². The van der Waals surface area contributed by atoms with Crippen LogP contribution >= 0.6 is 0 Å². The molecule has 0 aromatic heterocycles. The van der Waals surface area contributed by atoms with Crippen molar-refractivity contribution in [2.45, 2.75) is 45.0 Å². The fourth-order valence-electron chi connectivity index (χ4n) is 3.09. The Morgan fingerprint density at radius 1 is 1.38 bits per heavy atom. The highest BCUT2D eigenvalue weighted by Gasteiger charge is 2.42. The summed E-state index contributed by atoms with van der Waals surface area (Å²) in [7, 11) is 0. The lowest BCUT2D eigenvalue weighted by molar-refractivity contribution is 0.139. The van der Waals surface area contributed by atoms with Gasteiger partial charge in [-0.3, -0.25) is 4.90 Å². The van der Waals surface area contributed by atoms with Gasteiger partial charge in [0, 0.05) is 18.2 Å². The fourth-order valence-corrected chi connectivity index (χ4v) is 4.18. The van der Waals surface area contributed by atoms with Crippen molar-refractivity contribution in [2.75, 3.05) is 6.54 Å². The van der Waals surface area contributed by atoms with E-state index in [9.17, 15) is 17.5 Å². The third kappa shape index (κ3) is 3.49. The lowest BCUT2D eigenvalue weighted by atomic mass is 9.94. The highest BCUT2D eigenvalue weighted by Crippen LogP contribution is 2.40. The van der Waals surface area contributed by atoms with Gasteiger partial charge in [-0.2, -0.15) is 0 Å². The molecule has 0 radical (unpaired) electrons. The van der Waals surface area contributed by atoms with Crippen LogP contribution in [0.1, 0.15) is 45.2 Å². The van der Waals surface area contributed by atoms with Crippen LogP contribution in [0.25, 0.3) is 0 Å². The van der Waals surface area contributed by atoms with Crippen molar-refractivity contribution >= 4 is 11.1 Å². The van der Waals surface area contributed by atoms with Crippen molar-refractivity contribution in [3.63, 3.8) is 0 Å². The van der Waals surface area contributed by atoms with Crippen molar-refractivity contribution in [2.24, 2.45) is 5.41 Å². The number of likely N-dealkylation sites (tertiary alicyclic amines) is 1. The first-order valence-corrected chi connectivity index (χ1v) is 8.19. The van der Waals surface area contributed by atoms with Gasteiger partial charge >= 0.3 is 0 Å². The number of hydrogen-bond acceptors (Lipinski definition) is 2. The molecule has 1 aromatic rings. The molecular weight excluding hydrogens is 296 g/mol. The molecule has 21 heavy (non-hydrogen) atoms. The summed E-state index contributed by atoms with van der Waals surface area (Å²) in [6.07, 6.45) is 1.45. The van der Waals surface area contributed by atoms with Crippen LogP contribution in [0, 0.1) is 17.0 Å². The number of rotatable bonds is 3. The molecule has 0 bridgehead atoms. The summed E-state index contributed by atoms with van der Waals surface area (Å²) in [5.74, 6) is -0.958. The second-order valence-electron chi connectivity index (χ2n) is 6.56. The van der Waals surface area contributed by atoms with E-state index in [1.54, 1.807) is 0 Å². The standard InChI is InChI=1S/C15H21F2NO2S/c1-15(2,3)14(21(19)20)18-8-4-5-13(18)11-9-10(16)6-7-12(11)17/h6-7,9,13-14H,4-5,8H2,1-3H3,(H,19,20)/t13-,14?/m1/s1. The summed E-state index contributed by atoms with van der Waals surface area (Å²) >= 11 is -2.06. The monoisotopic (exact) mass is 317 g/mol.